The molecule has 0 fully saturated rings. The van der Waals surface area contributed by atoms with Crippen molar-refractivity contribution in [1.82, 2.24) is 15.4 Å². The molecule has 1 aromatic carbocycles. The SMILES string of the molecule is CC(=O)Nc1cnc(Nc2ccc(C(F)(F)F)cc2)c(C(=N)NO)n1. The molecule has 11 heteroatoms. The summed E-state index contributed by atoms with van der Waals surface area (Å²) in [6, 6.07) is 4.14. The smallest absolute Gasteiger partial charge is 0.338 e. The number of halogens is 3. The molecule has 0 unspecified atom stereocenters. The average Bonchev–Trinajstić information content (AvgIpc) is 2.54. The van der Waals surface area contributed by atoms with E-state index in [1.807, 2.05) is 0 Å². The number of carbonyl (C=O) groups is 1. The number of aromatic nitrogens is 2. The van der Waals surface area contributed by atoms with Gasteiger partial charge < -0.3 is 10.6 Å². The number of hydrogen-bond acceptors (Lipinski definition) is 6. The van der Waals surface area contributed by atoms with E-state index in [2.05, 4.69) is 20.6 Å². The third kappa shape index (κ3) is 4.64. The van der Waals surface area contributed by atoms with E-state index >= 15 is 0 Å². The van der Waals surface area contributed by atoms with Gasteiger partial charge >= 0.3 is 6.18 Å². The van der Waals surface area contributed by atoms with Crippen LogP contribution in [-0.2, 0) is 11.0 Å². The molecular formula is C14H13F3N6O2. The zero-order chi connectivity index (χ0) is 18.6. The van der Waals surface area contributed by atoms with Crippen LogP contribution in [0, 0.1) is 5.41 Å². The lowest BCUT2D eigenvalue weighted by molar-refractivity contribution is -0.137. The number of anilines is 3. The van der Waals surface area contributed by atoms with Crippen LogP contribution in [0.5, 0.6) is 0 Å². The van der Waals surface area contributed by atoms with Gasteiger partial charge in [-0.3, -0.25) is 20.9 Å². The van der Waals surface area contributed by atoms with Crippen LogP contribution in [0.15, 0.2) is 30.5 Å². The zero-order valence-electron chi connectivity index (χ0n) is 12.8. The Hall–Kier alpha value is -3.21. The van der Waals surface area contributed by atoms with Crippen LogP contribution in [0.3, 0.4) is 0 Å². The Kier molecular flexibility index (Phi) is 5.17. The minimum Gasteiger partial charge on any atom is -0.338 e. The van der Waals surface area contributed by atoms with E-state index in [0.29, 0.717) is 0 Å². The first-order chi connectivity index (χ1) is 11.7. The molecule has 2 aromatic rings. The maximum atomic E-state index is 12.6. The summed E-state index contributed by atoms with van der Waals surface area (Å²) in [7, 11) is 0. The number of carbonyl (C=O) groups excluding carboxylic acids is 1. The fraction of sp³-hybridized carbons (Fsp3) is 0.143. The molecule has 1 aromatic heterocycles. The van der Waals surface area contributed by atoms with Crippen molar-refractivity contribution < 1.29 is 23.2 Å². The van der Waals surface area contributed by atoms with E-state index in [4.69, 9.17) is 10.6 Å². The lowest BCUT2D eigenvalue weighted by atomic mass is 10.2. The van der Waals surface area contributed by atoms with Crippen LogP contribution in [-0.4, -0.2) is 26.9 Å². The number of alkyl halides is 3. The number of hydrogen-bond donors (Lipinski definition) is 5. The maximum Gasteiger partial charge on any atom is 0.416 e. The first-order valence-corrected chi connectivity index (χ1v) is 6.78. The molecule has 132 valence electrons. The number of amidine groups is 1. The quantitative estimate of drug-likeness (QED) is 0.327. The topological polar surface area (TPSA) is 123 Å². The van der Waals surface area contributed by atoms with E-state index in [9.17, 15) is 18.0 Å². The molecule has 0 aliphatic rings. The summed E-state index contributed by atoms with van der Waals surface area (Å²) in [5.74, 6) is -0.887. The van der Waals surface area contributed by atoms with Crippen molar-refractivity contribution >= 4 is 29.1 Å². The molecule has 2 rings (SSSR count). The Bertz CT molecular complexity index is 792. The van der Waals surface area contributed by atoms with Crippen molar-refractivity contribution in [2.45, 2.75) is 13.1 Å². The minimum atomic E-state index is -4.45. The van der Waals surface area contributed by atoms with Crippen molar-refractivity contribution in [1.29, 1.82) is 5.41 Å². The number of rotatable bonds is 4. The standard InChI is InChI=1S/C14H13F3N6O2/c1-7(24)20-10-6-19-13(11(22-10)12(18)23-25)21-9-4-2-8(3-5-9)14(15,16)17/h2-6,25H,1H3,(H2,18,23)(H,19,21)(H,20,22,24). The molecule has 8 nitrogen and oxygen atoms in total. The molecule has 0 radical (unpaired) electrons. The van der Waals surface area contributed by atoms with Gasteiger partial charge in [-0.05, 0) is 24.3 Å². The molecule has 0 spiro atoms. The second kappa shape index (κ2) is 7.13. The summed E-state index contributed by atoms with van der Waals surface area (Å²) in [5.41, 5.74) is 0.907. The normalized spacial score (nSPS) is 10.9. The third-order valence-corrected chi connectivity index (χ3v) is 2.90. The van der Waals surface area contributed by atoms with Gasteiger partial charge in [0.15, 0.2) is 23.2 Å². The Balaban J connectivity index is 2.31. The summed E-state index contributed by atoms with van der Waals surface area (Å²) >= 11 is 0. The third-order valence-electron chi connectivity index (χ3n) is 2.90. The first-order valence-electron chi connectivity index (χ1n) is 6.78. The highest BCUT2D eigenvalue weighted by atomic mass is 19.4. The van der Waals surface area contributed by atoms with Crippen LogP contribution in [0.4, 0.5) is 30.5 Å². The van der Waals surface area contributed by atoms with E-state index < -0.39 is 23.5 Å². The molecule has 1 amide bonds. The van der Waals surface area contributed by atoms with Gasteiger partial charge in [0.2, 0.25) is 5.91 Å². The Morgan fingerprint density at radius 3 is 2.40 bits per heavy atom. The van der Waals surface area contributed by atoms with E-state index in [1.165, 1.54) is 25.3 Å². The number of nitrogens with one attached hydrogen (secondary N) is 4. The largest absolute Gasteiger partial charge is 0.416 e. The van der Waals surface area contributed by atoms with Crippen LogP contribution >= 0.6 is 0 Å². The van der Waals surface area contributed by atoms with Gasteiger partial charge in [-0.2, -0.15) is 13.2 Å². The Morgan fingerprint density at radius 2 is 1.88 bits per heavy atom. The van der Waals surface area contributed by atoms with Gasteiger partial charge in [-0.15, -0.1) is 0 Å². The lowest BCUT2D eigenvalue weighted by Crippen LogP contribution is -2.23. The predicted octanol–water partition coefficient (Wildman–Crippen LogP) is 2.50. The van der Waals surface area contributed by atoms with Crippen LogP contribution in [0.25, 0.3) is 0 Å². The summed E-state index contributed by atoms with van der Waals surface area (Å²) in [5, 5.41) is 21.6. The molecule has 0 saturated carbocycles. The highest BCUT2D eigenvalue weighted by Crippen LogP contribution is 2.30. The van der Waals surface area contributed by atoms with Gasteiger partial charge in [0.05, 0.1) is 11.8 Å². The van der Waals surface area contributed by atoms with Crippen LogP contribution in [0.2, 0.25) is 0 Å². The van der Waals surface area contributed by atoms with Crippen molar-refractivity contribution in [3.05, 3.63) is 41.7 Å². The Labute approximate surface area is 139 Å². The second-order valence-corrected chi connectivity index (χ2v) is 4.82. The highest BCUT2D eigenvalue weighted by Gasteiger charge is 2.30. The van der Waals surface area contributed by atoms with Crippen molar-refractivity contribution in [2.24, 2.45) is 0 Å². The number of benzene rings is 1. The molecule has 0 aliphatic carbocycles. The maximum absolute atomic E-state index is 12.6. The van der Waals surface area contributed by atoms with Crippen molar-refractivity contribution in [3.8, 4) is 0 Å². The van der Waals surface area contributed by atoms with E-state index in [-0.39, 0.29) is 23.0 Å². The molecule has 0 saturated heterocycles. The van der Waals surface area contributed by atoms with E-state index in [1.54, 1.807) is 5.48 Å². The molecule has 0 atom stereocenters. The summed E-state index contributed by atoms with van der Waals surface area (Å²) in [4.78, 5) is 19.0. The van der Waals surface area contributed by atoms with Gasteiger partial charge in [-0.1, -0.05) is 0 Å². The average molecular weight is 354 g/mol. The Morgan fingerprint density at radius 1 is 1.24 bits per heavy atom. The van der Waals surface area contributed by atoms with E-state index in [0.717, 1.165) is 12.1 Å². The van der Waals surface area contributed by atoms with Crippen molar-refractivity contribution in [2.75, 3.05) is 10.6 Å². The fourth-order valence-electron chi connectivity index (χ4n) is 1.83. The molecule has 0 aliphatic heterocycles. The molecule has 1 heterocycles. The zero-order valence-corrected chi connectivity index (χ0v) is 12.8. The summed E-state index contributed by atoms with van der Waals surface area (Å²) in [6.45, 7) is 1.26. The molecule has 25 heavy (non-hydrogen) atoms. The van der Waals surface area contributed by atoms with Crippen LogP contribution < -0.4 is 16.1 Å². The van der Waals surface area contributed by atoms with Gasteiger partial charge in [-0.25, -0.2) is 9.97 Å². The first kappa shape index (κ1) is 18.1. The molecule has 0 bridgehead atoms. The van der Waals surface area contributed by atoms with Gasteiger partial charge in [0.25, 0.3) is 0 Å². The predicted molar refractivity (Wildman–Crippen MR) is 82.8 cm³/mol. The monoisotopic (exact) mass is 354 g/mol. The van der Waals surface area contributed by atoms with Crippen molar-refractivity contribution in [3.63, 3.8) is 0 Å². The fourth-order valence-corrected chi connectivity index (χ4v) is 1.83. The van der Waals surface area contributed by atoms with Crippen LogP contribution in [0.1, 0.15) is 18.2 Å². The summed E-state index contributed by atoms with van der Waals surface area (Å²) < 4.78 is 37.7. The minimum absolute atomic E-state index is 0.000380. The number of hydroxylamine groups is 1. The van der Waals surface area contributed by atoms with Gasteiger partial charge in [0, 0.05) is 12.6 Å². The van der Waals surface area contributed by atoms with Gasteiger partial charge in [0.1, 0.15) is 0 Å². The highest BCUT2D eigenvalue weighted by molar-refractivity contribution is 5.99. The molecule has 5 N–H and O–H groups in total. The molecular weight excluding hydrogens is 341 g/mol. The summed E-state index contributed by atoms with van der Waals surface area (Å²) in [6.07, 6.45) is -3.26. The number of nitrogens with zero attached hydrogens (tertiary/aromatic N) is 2. The lowest BCUT2D eigenvalue weighted by Gasteiger charge is -2.13. The second-order valence-electron chi connectivity index (χ2n) is 4.82. The number of amides is 1.